The van der Waals surface area contributed by atoms with Gasteiger partial charge in [0.2, 0.25) is 5.91 Å². The quantitative estimate of drug-likeness (QED) is 0.815. The van der Waals surface area contributed by atoms with Crippen molar-refractivity contribution in [2.45, 2.75) is 13.0 Å². The molecule has 1 aromatic heterocycles. The van der Waals surface area contributed by atoms with Crippen LogP contribution in [0, 0.1) is 0 Å². The Morgan fingerprint density at radius 2 is 2.54 bits per heavy atom. The van der Waals surface area contributed by atoms with Gasteiger partial charge in [0.15, 0.2) is 0 Å². The van der Waals surface area contributed by atoms with Crippen molar-refractivity contribution in [3.05, 3.63) is 22.4 Å². The molecule has 0 fully saturated rings. The number of carbonyl (C=O) groups excluding carboxylic acids is 1. The highest BCUT2D eigenvalue weighted by atomic mass is 32.2. The maximum absolute atomic E-state index is 11.2. The second kappa shape index (κ2) is 6.05. The Morgan fingerprint density at radius 1 is 1.69 bits per heavy atom. The summed E-state index contributed by atoms with van der Waals surface area (Å²) in [6, 6.07) is 4.02. The minimum absolute atomic E-state index is 0.141. The molecule has 0 aliphatic rings. The topological polar surface area (TPSA) is 29.1 Å². The lowest BCUT2D eigenvalue weighted by Gasteiger charge is -2.01. The largest absolute Gasteiger partial charge is 0.351 e. The van der Waals surface area contributed by atoms with E-state index in [0.717, 1.165) is 5.75 Å². The average Bonchev–Trinajstić information content (AvgIpc) is 2.64. The predicted octanol–water partition coefficient (Wildman–Crippen LogP) is 2.12. The van der Waals surface area contributed by atoms with Crippen molar-refractivity contribution in [2.24, 2.45) is 0 Å². The molecule has 0 unspecified atom stereocenters. The van der Waals surface area contributed by atoms with Crippen LogP contribution in [-0.4, -0.2) is 17.9 Å². The molecular weight excluding hydrogens is 202 g/mol. The molecule has 13 heavy (non-hydrogen) atoms. The normalized spacial score (nSPS) is 9.92. The Bertz CT molecular complexity index is 246. The first kappa shape index (κ1) is 10.6. The zero-order valence-corrected chi connectivity index (χ0v) is 9.21. The Morgan fingerprint density at radius 3 is 3.15 bits per heavy atom. The van der Waals surface area contributed by atoms with Gasteiger partial charge in [-0.3, -0.25) is 4.79 Å². The van der Waals surface area contributed by atoms with Crippen LogP contribution in [0.2, 0.25) is 0 Å². The van der Waals surface area contributed by atoms with E-state index in [4.69, 9.17) is 0 Å². The van der Waals surface area contributed by atoms with Crippen molar-refractivity contribution < 1.29 is 4.79 Å². The molecule has 0 radical (unpaired) electrons. The molecule has 4 heteroatoms. The van der Waals surface area contributed by atoms with Crippen LogP contribution in [0.5, 0.6) is 0 Å². The minimum Gasteiger partial charge on any atom is -0.351 e. The molecule has 72 valence electrons. The van der Waals surface area contributed by atoms with Crippen LogP contribution in [0.1, 0.15) is 11.3 Å². The number of nitrogens with one attached hydrogen (secondary N) is 1. The van der Waals surface area contributed by atoms with Gasteiger partial charge in [0, 0.05) is 17.1 Å². The van der Waals surface area contributed by atoms with Crippen LogP contribution in [0.25, 0.3) is 0 Å². The summed E-state index contributed by atoms with van der Waals surface area (Å²) in [6.45, 7) is 0.672. The summed E-state index contributed by atoms with van der Waals surface area (Å²) < 4.78 is 0. The molecular formula is C9H13NOS2. The van der Waals surface area contributed by atoms with Crippen molar-refractivity contribution in [3.8, 4) is 0 Å². The summed E-state index contributed by atoms with van der Waals surface area (Å²) in [7, 11) is 0. The van der Waals surface area contributed by atoms with Crippen LogP contribution in [0.3, 0.4) is 0 Å². The number of carbonyl (C=O) groups is 1. The first-order chi connectivity index (χ1) is 6.33. The Labute approximate surface area is 86.7 Å². The lowest BCUT2D eigenvalue weighted by molar-refractivity contribution is -0.120. The molecule has 0 saturated heterocycles. The van der Waals surface area contributed by atoms with Gasteiger partial charge in [-0.2, -0.15) is 11.8 Å². The van der Waals surface area contributed by atoms with E-state index in [1.165, 1.54) is 4.88 Å². The van der Waals surface area contributed by atoms with E-state index in [1.54, 1.807) is 23.1 Å². The summed E-state index contributed by atoms with van der Waals surface area (Å²) in [5, 5.41) is 4.90. The second-order valence-corrected chi connectivity index (χ2v) is 4.62. The molecule has 0 spiro atoms. The van der Waals surface area contributed by atoms with Crippen molar-refractivity contribution in [1.82, 2.24) is 5.32 Å². The molecule has 0 atom stereocenters. The lowest BCUT2D eigenvalue weighted by atomic mass is 10.4. The van der Waals surface area contributed by atoms with Gasteiger partial charge in [0.1, 0.15) is 0 Å². The van der Waals surface area contributed by atoms with Gasteiger partial charge in [-0.1, -0.05) is 6.07 Å². The maximum Gasteiger partial charge on any atom is 0.221 e. The van der Waals surface area contributed by atoms with Gasteiger partial charge in [-0.05, 0) is 17.7 Å². The SMILES string of the molecule is CSCCC(=O)NCc1cccs1. The fourth-order valence-corrected chi connectivity index (χ4v) is 1.92. The predicted molar refractivity (Wildman–Crippen MR) is 59.2 cm³/mol. The number of thiophene rings is 1. The molecule has 2 nitrogen and oxygen atoms in total. The van der Waals surface area contributed by atoms with Crippen molar-refractivity contribution in [1.29, 1.82) is 0 Å². The van der Waals surface area contributed by atoms with Crippen LogP contribution in [0.15, 0.2) is 17.5 Å². The number of hydrogen-bond donors (Lipinski definition) is 1. The lowest BCUT2D eigenvalue weighted by Crippen LogP contribution is -2.22. The average molecular weight is 215 g/mol. The fourth-order valence-electron chi connectivity index (χ4n) is 0.882. The molecule has 0 aromatic carbocycles. The first-order valence-electron chi connectivity index (χ1n) is 4.11. The van der Waals surface area contributed by atoms with Crippen molar-refractivity contribution >= 4 is 29.0 Å². The third kappa shape index (κ3) is 4.33. The van der Waals surface area contributed by atoms with E-state index in [9.17, 15) is 4.79 Å². The van der Waals surface area contributed by atoms with Gasteiger partial charge < -0.3 is 5.32 Å². The van der Waals surface area contributed by atoms with Gasteiger partial charge >= 0.3 is 0 Å². The third-order valence-corrected chi connectivity index (χ3v) is 3.06. The van der Waals surface area contributed by atoms with Gasteiger partial charge in [-0.25, -0.2) is 0 Å². The molecule has 0 aliphatic heterocycles. The zero-order chi connectivity index (χ0) is 9.52. The summed E-state index contributed by atoms with van der Waals surface area (Å²) in [5.41, 5.74) is 0. The molecule has 1 heterocycles. The molecule has 0 saturated carbocycles. The standard InChI is InChI=1S/C9H13NOS2/c1-12-6-4-9(11)10-7-8-3-2-5-13-8/h2-3,5H,4,6-7H2,1H3,(H,10,11). The summed E-state index contributed by atoms with van der Waals surface area (Å²) >= 11 is 3.36. The van der Waals surface area contributed by atoms with E-state index in [1.807, 2.05) is 23.8 Å². The number of rotatable bonds is 5. The highest BCUT2D eigenvalue weighted by molar-refractivity contribution is 7.98. The summed E-state index contributed by atoms with van der Waals surface area (Å²) in [4.78, 5) is 12.4. The van der Waals surface area contributed by atoms with Crippen LogP contribution in [-0.2, 0) is 11.3 Å². The minimum atomic E-state index is 0.141. The molecule has 1 amide bonds. The van der Waals surface area contributed by atoms with Gasteiger partial charge in [0.25, 0.3) is 0 Å². The Balaban J connectivity index is 2.15. The van der Waals surface area contributed by atoms with E-state index < -0.39 is 0 Å². The highest BCUT2D eigenvalue weighted by Crippen LogP contribution is 2.07. The molecule has 1 aromatic rings. The molecule has 1 rings (SSSR count). The number of hydrogen-bond acceptors (Lipinski definition) is 3. The second-order valence-electron chi connectivity index (χ2n) is 2.60. The van der Waals surface area contributed by atoms with Crippen molar-refractivity contribution in [3.63, 3.8) is 0 Å². The van der Waals surface area contributed by atoms with Gasteiger partial charge in [-0.15, -0.1) is 11.3 Å². The van der Waals surface area contributed by atoms with E-state index in [-0.39, 0.29) is 5.91 Å². The van der Waals surface area contributed by atoms with E-state index >= 15 is 0 Å². The Hall–Kier alpha value is -0.480. The van der Waals surface area contributed by atoms with E-state index in [0.29, 0.717) is 13.0 Å². The molecule has 1 N–H and O–H groups in total. The fraction of sp³-hybridized carbons (Fsp3) is 0.444. The third-order valence-electron chi connectivity index (χ3n) is 1.57. The van der Waals surface area contributed by atoms with Crippen LogP contribution < -0.4 is 5.32 Å². The summed E-state index contributed by atoms with van der Waals surface area (Å²) in [5.74, 6) is 1.04. The first-order valence-corrected chi connectivity index (χ1v) is 6.38. The van der Waals surface area contributed by atoms with Gasteiger partial charge in [0.05, 0.1) is 6.54 Å². The van der Waals surface area contributed by atoms with Crippen molar-refractivity contribution in [2.75, 3.05) is 12.0 Å². The number of amides is 1. The highest BCUT2D eigenvalue weighted by Gasteiger charge is 2.00. The Kier molecular flexibility index (Phi) is 4.93. The number of thioether (sulfide) groups is 1. The molecule has 0 bridgehead atoms. The zero-order valence-electron chi connectivity index (χ0n) is 7.58. The smallest absolute Gasteiger partial charge is 0.221 e. The van der Waals surface area contributed by atoms with Crippen LogP contribution >= 0.6 is 23.1 Å². The molecule has 0 aliphatic carbocycles. The van der Waals surface area contributed by atoms with E-state index in [2.05, 4.69) is 5.32 Å². The van der Waals surface area contributed by atoms with Crippen LogP contribution in [0.4, 0.5) is 0 Å². The summed E-state index contributed by atoms with van der Waals surface area (Å²) in [6.07, 6.45) is 2.62. The maximum atomic E-state index is 11.2. The monoisotopic (exact) mass is 215 g/mol.